The average Bonchev–Trinajstić information content (AvgIpc) is 2.42. The SMILES string of the molecule is Cc1ccc(OCCCCN2CCNCC2(C)C)cc1. The van der Waals surface area contributed by atoms with Crippen LogP contribution >= 0.6 is 0 Å². The normalized spacial score (nSPS) is 18.9. The number of ether oxygens (including phenoxy) is 1. The molecule has 0 unspecified atom stereocenters. The number of aryl methyl sites for hydroxylation is 1. The molecule has 1 heterocycles. The van der Waals surface area contributed by atoms with Crippen molar-refractivity contribution in [1.29, 1.82) is 0 Å². The highest BCUT2D eigenvalue weighted by Crippen LogP contribution is 2.17. The maximum Gasteiger partial charge on any atom is 0.119 e. The zero-order valence-corrected chi connectivity index (χ0v) is 13.1. The lowest BCUT2D eigenvalue weighted by Gasteiger charge is -2.42. The zero-order chi connectivity index (χ0) is 14.4. The van der Waals surface area contributed by atoms with E-state index in [9.17, 15) is 0 Å². The van der Waals surface area contributed by atoms with Crippen LogP contribution in [0.15, 0.2) is 24.3 Å². The minimum absolute atomic E-state index is 0.288. The Bertz CT molecular complexity index is 400. The predicted octanol–water partition coefficient (Wildman–Crippen LogP) is 2.84. The molecule has 0 saturated carbocycles. The molecule has 1 fully saturated rings. The summed E-state index contributed by atoms with van der Waals surface area (Å²) < 4.78 is 5.77. The van der Waals surface area contributed by atoms with Gasteiger partial charge in [0.2, 0.25) is 0 Å². The lowest BCUT2D eigenvalue weighted by Crippen LogP contribution is -2.57. The molecule has 0 aromatic heterocycles. The Morgan fingerprint density at radius 2 is 1.95 bits per heavy atom. The van der Waals surface area contributed by atoms with Gasteiger partial charge in [0.05, 0.1) is 6.61 Å². The Balaban J connectivity index is 1.63. The molecule has 1 aliphatic heterocycles. The van der Waals surface area contributed by atoms with Gasteiger partial charge in [0, 0.05) is 25.2 Å². The van der Waals surface area contributed by atoms with Gasteiger partial charge in [0.25, 0.3) is 0 Å². The van der Waals surface area contributed by atoms with Crippen molar-refractivity contribution in [3.8, 4) is 5.75 Å². The predicted molar refractivity (Wildman–Crippen MR) is 84.4 cm³/mol. The topological polar surface area (TPSA) is 24.5 Å². The summed E-state index contributed by atoms with van der Waals surface area (Å²) in [4.78, 5) is 2.59. The Morgan fingerprint density at radius 1 is 1.20 bits per heavy atom. The molecular formula is C17H28N2O. The summed E-state index contributed by atoms with van der Waals surface area (Å²) in [7, 11) is 0. The van der Waals surface area contributed by atoms with Gasteiger partial charge in [0.15, 0.2) is 0 Å². The summed E-state index contributed by atoms with van der Waals surface area (Å²) in [5.74, 6) is 0.984. The largest absolute Gasteiger partial charge is 0.494 e. The lowest BCUT2D eigenvalue weighted by molar-refractivity contribution is 0.0873. The molecule has 0 spiro atoms. The van der Waals surface area contributed by atoms with Crippen LogP contribution < -0.4 is 10.1 Å². The van der Waals surface area contributed by atoms with Crippen LogP contribution in [-0.2, 0) is 0 Å². The summed E-state index contributed by atoms with van der Waals surface area (Å²) in [5, 5.41) is 3.47. The second-order valence-corrected chi connectivity index (χ2v) is 6.34. The average molecular weight is 276 g/mol. The van der Waals surface area contributed by atoms with E-state index in [1.54, 1.807) is 0 Å². The molecule has 0 bridgehead atoms. The second kappa shape index (κ2) is 7.09. The van der Waals surface area contributed by atoms with Gasteiger partial charge < -0.3 is 10.1 Å². The molecule has 20 heavy (non-hydrogen) atoms. The third-order valence-electron chi connectivity index (χ3n) is 4.08. The van der Waals surface area contributed by atoms with Crippen molar-refractivity contribution in [3.63, 3.8) is 0 Å². The number of hydrogen-bond acceptors (Lipinski definition) is 3. The van der Waals surface area contributed by atoms with Crippen LogP contribution in [0.4, 0.5) is 0 Å². The van der Waals surface area contributed by atoms with Crippen molar-refractivity contribution in [1.82, 2.24) is 10.2 Å². The minimum atomic E-state index is 0.288. The number of benzene rings is 1. The molecule has 0 aliphatic carbocycles. The highest BCUT2D eigenvalue weighted by molar-refractivity contribution is 5.26. The fourth-order valence-electron chi connectivity index (χ4n) is 2.67. The van der Waals surface area contributed by atoms with Crippen LogP contribution in [0.25, 0.3) is 0 Å². The second-order valence-electron chi connectivity index (χ2n) is 6.34. The molecule has 112 valence electrons. The van der Waals surface area contributed by atoms with Gasteiger partial charge >= 0.3 is 0 Å². The van der Waals surface area contributed by atoms with E-state index in [1.807, 2.05) is 0 Å². The number of unbranched alkanes of at least 4 members (excludes halogenated alkanes) is 1. The quantitative estimate of drug-likeness (QED) is 0.809. The molecule has 1 aromatic rings. The lowest BCUT2D eigenvalue weighted by atomic mass is 10.00. The fourth-order valence-corrected chi connectivity index (χ4v) is 2.67. The Labute approximate surface area is 123 Å². The third-order valence-corrected chi connectivity index (χ3v) is 4.08. The smallest absolute Gasteiger partial charge is 0.119 e. The molecule has 1 aliphatic rings. The van der Waals surface area contributed by atoms with E-state index in [4.69, 9.17) is 4.74 Å². The standard InChI is InChI=1S/C17H28N2O/c1-15-6-8-16(9-7-15)20-13-5-4-11-19-12-10-18-14-17(19,2)3/h6-9,18H,4-5,10-14H2,1-3H3. The highest BCUT2D eigenvalue weighted by Gasteiger charge is 2.28. The van der Waals surface area contributed by atoms with Gasteiger partial charge in [-0.2, -0.15) is 0 Å². The molecule has 0 radical (unpaired) electrons. The number of nitrogens with one attached hydrogen (secondary N) is 1. The van der Waals surface area contributed by atoms with Gasteiger partial charge in [-0.3, -0.25) is 4.90 Å². The molecule has 2 rings (SSSR count). The Kier molecular flexibility index (Phi) is 5.44. The molecule has 0 amide bonds. The van der Waals surface area contributed by atoms with Gasteiger partial charge in [-0.15, -0.1) is 0 Å². The monoisotopic (exact) mass is 276 g/mol. The Morgan fingerprint density at radius 3 is 2.65 bits per heavy atom. The van der Waals surface area contributed by atoms with Crippen LogP contribution in [0.2, 0.25) is 0 Å². The van der Waals surface area contributed by atoms with Gasteiger partial charge in [-0.1, -0.05) is 17.7 Å². The van der Waals surface area contributed by atoms with Crippen LogP contribution in [0, 0.1) is 6.92 Å². The van der Waals surface area contributed by atoms with E-state index < -0.39 is 0 Å². The van der Waals surface area contributed by atoms with Crippen molar-refractivity contribution >= 4 is 0 Å². The summed E-state index contributed by atoms with van der Waals surface area (Å²) in [6, 6.07) is 8.29. The first-order valence-electron chi connectivity index (χ1n) is 7.73. The number of hydrogen-bond donors (Lipinski definition) is 1. The van der Waals surface area contributed by atoms with Crippen molar-refractivity contribution in [2.24, 2.45) is 0 Å². The first kappa shape index (κ1) is 15.3. The van der Waals surface area contributed by atoms with E-state index in [1.165, 1.54) is 18.5 Å². The summed E-state index contributed by atoms with van der Waals surface area (Å²) in [6.07, 6.45) is 2.32. The summed E-state index contributed by atoms with van der Waals surface area (Å²) >= 11 is 0. The molecule has 3 heteroatoms. The van der Waals surface area contributed by atoms with Crippen LogP contribution in [-0.4, -0.2) is 43.2 Å². The molecule has 1 N–H and O–H groups in total. The minimum Gasteiger partial charge on any atom is -0.494 e. The zero-order valence-electron chi connectivity index (χ0n) is 13.1. The van der Waals surface area contributed by atoms with Gasteiger partial charge in [-0.05, 0) is 52.3 Å². The molecule has 1 saturated heterocycles. The van der Waals surface area contributed by atoms with E-state index in [2.05, 4.69) is 55.3 Å². The maximum atomic E-state index is 5.77. The van der Waals surface area contributed by atoms with E-state index in [-0.39, 0.29) is 5.54 Å². The van der Waals surface area contributed by atoms with Gasteiger partial charge in [0.1, 0.15) is 5.75 Å². The van der Waals surface area contributed by atoms with Crippen molar-refractivity contribution < 1.29 is 4.74 Å². The Hall–Kier alpha value is -1.06. The summed E-state index contributed by atoms with van der Waals surface area (Å²) in [6.45, 7) is 12.1. The fraction of sp³-hybridized carbons (Fsp3) is 0.647. The highest BCUT2D eigenvalue weighted by atomic mass is 16.5. The van der Waals surface area contributed by atoms with Crippen molar-refractivity contribution in [2.45, 2.75) is 39.2 Å². The number of piperazine rings is 1. The van der Waals surface area contributed by atoms with E-state index in [0.29, 0.717) is 0 Å². The van der Waals surface area contributed by atoms with Crippen LogP contribution in [0.1, 0.15) is 32.3 Å². The van der Waals surface area contributed by atoms with Gasteiger partial charge in [-0.25, -0.2) is 0 Å². The van der Waals surface area contributed by atoms with E-state index in [0.717, 1.165) is 38.4 Å². The summed E-state index contributed by atoms with van der Waals surface area (Å²) in [5.41, 5.74) is 1.56. The first-order valence-corrected chi connectivity index (χ1v) is 7.73. The van der Waals surface area contributed by atoms with Crippen molar-refractivity contribution in [3.05, 3.63) is 29.8 Å². The molecule has 0 atom stereocenters. The maximum absolute atomic E-state index is 5.77. The number of rotatable bonds is 6. The van der Waals surface area contributed by atoms with Crippen LogP contribution in [0.5, 0.6) is 5.75 Å². The third kappa shape index (κ3) is 4.50. The van der Waals surface area contributed by atoms with Crippen molar-refractivity contribution in [2.75, 3.05) is 32.8 Å². The van der Waals surface area contributed by atoms with Crippen LogP contribution in [0.3, 0.4) is 0 Å². The molecule has 1 aromatic carbocycles. The molecule has 3 nitrogen and oxygen atoms in total. The number of nitrogens with zero attached hydrogens (tertiary/aromatic N) is 1. The first-order chi connectivity index (χ1) is 9.58. The van der Waals surface area contributed by atoms with E-state index >= 15 is 0 Å². The molecular weight excluding hydrogens is 248 g/mol.